The predicted octanol–water partition coefficient (Wildman–Crippen LogP) is 6.72. The second-order valence-electron chi connectivity index (χ2n) is 7.39. The molecule has 1 unspecified atom stereocenters. The van der Waals surface area contributed by atoms with Crippen LogP contribution in [0.15, 0.2) is 42.5 Å². The second kappa shape index (κ2) is 7.28. The van der Waals surface area contributed by atoms with Crippen molar-refractivity contribution < 1.29 is 13.2 Å². The molecule has 0 spiro atoms. The molecule has 1 heterocycles. The molecule has 0 radical (unpaired) electrons. The molecule has 0 aliphatic heterocycles. The van der Waals surface area contributed by atoms with Crippen molar-refractivity contribution in [3.05, 3.63) is 75.4 Å². The number of H-pyrrole nitrogens is 1. The summed E-state index contributed by atoms with van der Waals surface area (Å²) in [4.78, 5) is 0. The van der Waals surface area contributed by atoms with Gasteiger partial charge < -0.3 is 0 Å². The molecule has 0 saturated carbocycles. The highest BCUT2D eigenvalue weighted by atomic mass is 35.5. The van der Waals surface area contributed by atoms with Crippen molar-refractivity contribution >= 4 is 11.6 Å². The maximum atomic E-state index is 13.5. The molecule has 1 N–H and O–H groups in total. The van der Waals surface area contributed by atoms with Gasteiger partial charge in [0.05, 0.1) is 11.3 Å². The summed E-state index contributed by atoms with van der Waals surface area (Å²) in [5.41, 5.74) is 4.54. The molecule has 3 aromatic rings. The van der Waals surface area contributed by atoms with E-state index < -0.39 is 11.7 Å². The summed E-state index contributed by atoms with van der Waals surface area (Å²) in [5, 5.41) is 7.78. The van der Waals surface area contributed by atoms with Crippen molar-refractivity contribution in [1.29, 1.82) is 0 Å². The van der Waals surface area contributed by atoms with E-state index in [9.17, 15) is 13.2 Å². The van der Waals surface area contributed by atoms with Crippen molar-refractivity contribution in [1.82, 2.24) is 10.2 Å². The average molecular weight is 405 g/mol. The largest absolute Gasteiger partial charge is 0.416 e. The maximum absolute atomic E-state index is 13.5. The van der Waals surface area contributed by atoms with E-state index in [0.717, 1.165) is 53.4 Å². The monoisotopic (exact) mass is 404 g/mol. The third-order valence-electron chi connectivity index (χ3n) is 5.47. The third-order valence-corrected chi connectivity index (χ3v) is 5.82. The Morgan fingerprint density at radius 1 is 1.14 bits per heavy atom. The van der Waals surface area contributed by atoms with Crippen molar-refractivity contribution in [3.8, 4) is 11.3 Å². The first-order valence-electron chi connectivity index (χ1n) is 9.33. The summed E-state index contributed by atoms with van der Waals surface area (Å²) in [6, 6.07) is 12.1. The van der Waals surface area contributed by atoms with Crippen LogP contribution >= 0.6 is 11.6 Å². The van der Waals surface area contributed by atoms with Crippen LogP contribution in [0.4, 0.5) is 13.2 Å². The highest BCUT2D eigenvalue weighted by molar-refractivity contribution is 6.31. The van der Waals surface area contributed by atoms with Crippen LogP contribution in [0.5, 0.6) is 0 Å². The molecule has 6 heteroatoms. The molecule has 1 atom stereocenters. The summed E-state index contributed by atoms with van der Waals surface area (Å²) in [6.07, 6.45) is -1.58. The number of alkyl halides is 3. The Morgan fingerprint density at radius 3 is 2.61 bits per heavy atom. The van der Waals surface area contributed by atoms with Crippen molar-refractivity contribution in [2.45, 2.75) is 44.7 Å². The fourth-order valence-electron chi connectivity index (χ4n) is 4.10. The van der Waals surface area contributed by atoms with E-state index >= 15 is 0 Å². The van der Waals surface area contributed by atoms with Crippen LogP contribution in [0.1, 0.15) is 46.7 Å². The SMILES string of the molecule is Cc1ccc(-c2n[nH]c3c2C(Cc2c(Cl)cccc2C(F)(F)F)CCC3)cc1. The van der Waals surface area contributed by atoms with E-state index in [-0.39, 0.29) is 22.9 Å². The lowest BCUT2D eigenvalue weighted by molar-refractivity contribution is -0.138. The number of nitrogens with one attached hydrogen (secondary N) is 1. The first kappa shape index (κ1) is 19.1. The van der Waals surface area contributed by atoms with Gasteiger partial charge >= 0.3 is 6.18 Å². The van der Waals surface area contributed by atoms with Gasteiger partial charge in [-0.05, 0) is 56.2 Å². The highest BCUT2D eigenvalue weighted by Gasteiger charge is 2.36. The van der Waals surface area contributed by atoms with Crippen LogP contribution in [-0.4, -0.2) is 10.2 Å². The molecule has 146 valence electrons. The van der Waals surface area contributed by atoms with Crippen molar-refractivity contribution in [2.75, 3.05) is 0 Å². The van der Waals surface area contributed by atoms with Crippen LogP contribution in [0, 0.1) is 6.92 Å². The fourth-order valence-corrected chi connectivity index (χ4v) is 4.35. The summed E-state index contributed by atoms with van der Waals surface area (Å²) < 4.78 is 40.6. The van der Waals surface area contributed by atoms with E-state index in [1.165, 1.54) is 12.1 Å². The first-order chi connectivity index (χ1) is 13.3. The lowest BCUT2D eigenvalue weighted by Gasteiger charge is -2.25. The van der Waals surface area contributed by atoms with Crippen LogP contribution < -0.4 is 0 Å². The van der Waals surface area contributed by atoms with Crippen molar-refractivity contribution in [2.24, 2.45) is 0 Å². The summed E-state index contributed by atoms with van der Waals surface area (Å²) in [7, 11) is 0. The van der Waals surface area contributed by atoms with E-state index in [1.807, 2.05) is 31.2 Å². The number of rotatable bonds is 3. The molecule has 0 amide bonds. The zero-order valence-electron chi connectivity index (χ0n) is 15.4. The van der Waals surface area contributed by atoms with Crippen LogP contribution in [0.25, 0.3) is 11.3 Å². The lowest BCUT2D eigenvalue weighted by atomic mass is 9.79. The van der Waals surface area contributed by atoms with Crippen LogP contribution in [0.3, 0.4) is 0 Å². The first-order valence-corrected chi connectivity index (χ1v) is 9.71. The van der Waals surface area contributed by atoms with E-state index in [1.54, 1.807) is 0 Å². The van der Waals surface area contributed by atoms with Gasteiger partial charge in [0.15, 0.2) is 0 Å². The molecule has 1 aliphatic carbocycles. The Hall–Kier alpha value is -2.27. The quantitative estimate of drug-likeness (QED) is 0.515. The Bertz CT molecular complexity index is 990. The molecule has 2 aromatic carbocycles. The minimum atomic E-state index is -4.42. The molecular weight excluding hydrogens is 385 g/mol. The Kier molecular flexibility index (Phi) is 4.96. The number of benzene rings is 2. The second-order valence-corrected chi connectivity index (χ2v) is 7.79. The Morgan fingerprint density at radius 2 is 1.89 bits per heavy atom. The highest BCUT2D eigenvalue weighted by Crippen LogP contribution is 2.43. The number of fused-ring (bicyclic) bond motifs is 1. The normalized spacial score (nSPS) is 16.8. The number of nitrogens with zero attached hydrogens (tertiary/aromatic N) is 1. The van der Waals surface area contributed by atoms with Gasteiger partial charge in [0.2, 0.25) is 0 Å². The van der Waals surface area contributed by atoms with E-state index in [4.69, 9.17) is 11.6 Å². The number of aromatic amines is 1. The predicted molar refractivity (Wildman–Crippen MR) is 105 cm³/mol. The zero-order chi connectivity index (χ0) is 19.9. The van der Waals surface area contributed by atoms with E-state index in [2.05, 4.69) is 10.2 Å². The van der Waals surface area contributed by atoms with E-state index in [0.29, 0.717) is 0 Å². The number of hydrogen-bond donors (Lipinski definition) is 1. The Balaban J connectivity index is 1.76. The fraction of sp³-hybridized carbons (Fsp3) is 0.318. The summed E-state index contributed by atoms with van der Waals surface area (Å²) >= 11 is 6.21. The average Bonchev–Trinajstić information content (AvgIpc) is 3.08. The van der Waals surface area contributed by atoms with Gasteiger partial charge in [0.25, 0.3) is 0 Å². The summed E-state index contributed by atoms with van der Waals surface area (Å²) in [6.45, 7) is 2.02. The molecule has 1 aromatic heterocycles. The zero-order valence-corrected chi connectivity index (χ0v) is 16.2. The molecule has 2 nitrogen and oxygen atoms in total. The summed E-state index contributed by atoms with van der Waals surface area (Å²) in [5.74, 6) is -0.0557. The smallest absolute Gasteiger partial charge is 0.282 e. The van der Waals surface area contributed by atoms with Gasteiger partial charge in [-0.1, -0.05) is 47.5 Å². The third kappa shape index (κ3) is 3.55. The van der Waals surface area contributed by atoms with Crippen LogP contribution in [-0.2, 0) is 19.0 Å². The number of halogens is 4. The van der Waals surface area contributed by atoms with Gasteiger partial charge in [-0.3, -0.25) is 5.10 Å². The molecule has 1 aliphatic rings. The molecule has 0 saturated heterocycles. The standard InChI is InChI=1S/C22H20ClF3N2/c1-13-8-10-14(11-9-13)21-20-15(4-2-7-19(20)27-28-21)12-16-17(22(24,25)26)5-3-6-18(16)23/h3,5-6,8-11,15H,2,4,7,12H2,1H3,(H,27,28). The van der Waals surface area contributed by atoms with Gasteiger partial charge in [-0.15, -0.1) is 0 Å². The lowest BCUT2D eigenvalue weighted by Crippen LogP contribution is -2.16. The van der Waals surface area contributed by atoms with Crippen molar-refractivity contribution in [3.63, 3.8) is 0 Å². The molecule has 4 rings (SSSR count). The Labute approximate surface area is 166 Å². The molecule has 28 heavy (non-hydrogen) atoms. The molecule has 0 bridgehead atoms. The topological polar surface area (TPSA) is 28.7 Å². The minimum Gasteiger partial charge on any atom is -0.282 e. The minimum absolute atomic E-state index is 0.0557. The van der Waals surface area contributed by atoms with Crippen LogP contribution in [0.2, 0.25) is 5.02 Å². The van der Waals surface area contributed by atoms with Gasteiger partial charge in [-0.25, -0.2) is 0 Å². The van der Waals surface area contributed by atoms with Gasteiger partial charge in [0.1, 0.15) is 0 Å². The molecule has 0 fully saturated rings. The number of aromatic nitrogens is 2. The molecular formula is C22H20ClF3N2. The van der Waals surface area contributed by atoms with Gasteiger partial charge in [0, 0.05) is 21.8 Å². The maximum Gasteiger partial charge on any atom is 0.416 e. The van der Waals surface area contributed by atoms with Gasteiger partial charge in [-0.2, -0.15) is 18.3 Å². The number of hydrogen-bond acceptors (Lipinski definition) is 1. The number of aryl methyl sites for hydroxylation is 2.